The van der Waals surface area contributed by atoms with Gasteiger partial charge in [0.2, 0.25) is 0 Å². The molecular formula is C15H23ClFN. The molecule has 1 aromatic rings. The molecule has 0 unspecified atom stereocenters. The van der Waals surface area contributed by atoms with Crippen molar-refractivity contribution in [2.45, 2.75) is 34.1 Å². The Bertz CT molecular complexity index is 368. The van der Waals surface area contributed by atoms with Gasteiger partial charge in [-0.05, 0) is 36.4 Å². The third-order valence-electron chi connectivity index (χ3n) is 2.87. The highest BCUT2D eigenvalue weighted by molar-refractivity contribution is 6.31. The number of benzene rings is 1. The zero-order valence-electron chi connectivity index (χ0n) is 11.7. The largest absolute Gasteiger partial charge is 0.316 e. The van der Waals surface area contributed by atoms with Gasteiger partial charge >= 0.3 is 0 Å². The van der Waals surface area contributed by atoms with Crippen LogP contribution in [-0.4, -0.2) is 13.1 Å². The Balaban J connectivity index is 2.64. The molecule has 1 N–H and O–H groups in total. The summed E-state index contributed by atoms with van der Waals surface area (Å²) in [7, 11) is 0. The van der Waals surface area contributed by atoms with Gasteiger partial charge in [0.15, 0.2) is 0 Å². The first-order valence-corrected chi connectivity index (χ1v) is 6.83. The van der Waals surface area contributed by atoms with Crippen LogP contribution in [-0.2, 0) is 6.42 Å². The molecule has 1 rings (SSSR count). The summed E-state index contributed by atoms with van der Waals surface area (Å²) in [5.74, 6) is 0.414. The molecule has 0 aliphatic heterocycles. The van der Waals surface area contributed by atoms with E-state index in [4.69, 9.17) is 11.6 Å². The normalized spacial score (nSPS) is 12.2. The molecule has 0 heterocycles. The van der Waals surface area contributed by atoms with Crippen LogP contribution in [0.5, 0.6) is 0 Å². The highest BCUT2D eigenvalue weighted by Crippen LogP contribution is 2.27. The van der Waals surface area contributed by atoms with Gasteiger partial charge in [-0.15, -0.1) is 0 Å². The first-order valence-electron chi connectivity index (χ1n) is 6.45. The average Bonchev–Trinajstić information content (AvgIpc) is 2.23. The van der Waals surface area contributed by atoms with Crippen molar-refractivity contribution >= 4 is 11.6 Å². The number of hydrogen-bond donors (Lipinski definition) is 1. The Labute approximate surface area is 115 Å². The molecule has 0 saturated carbocycles. The maximum atomic E-state index is 13.7. The number of rotatable bonds is 6. The monoisotopic (exact) mass is 271 g/mol. The van der Waals surface area contributed by atoms with E-state index in [9.17, 15) is 4.39 Å². The van der Waals surface area contributed by atoms with Crippen molar-refractivity contribution in [2.24, 2.45) is 11.3 Å². The highest BCUT2D eigenvalue weighted by atomic mass is 35.5. The van der Waals surface area contributed by atoms with Crippen molar-refractivity contribution in [1.82, 2.24) is 5.32 Å². The molecular weight excluding hydrogens is 249 g/mol. The van der Waals surface area contributed by atoms with Crippen LogP contribution >= 0.6 is 11.6 Å². The molecule has 102 valence electrons. The molecule has 0 aliphatic carbocycles. The number of halogens is 2. The van der Waals surface area contributed by atoms with E-state index >= 15 is 0 Å². The molecule has 0 amide bonds. The first kappa shape index (κ1) is 15.5. The van der Waals surface area contributed by atoms with Crippen LogP contribution in [0.25, 0.3) is 0 Å². The molecule has 0 radical (unpaired) electrons. The van der Waals surface area contributed by atoms with Crippen LogP contribution in [0.2, 0.25) is 5.02 Å². The molecule has 0 aromatic heterocycles. The van der Waals surface area contributed by atoms with E-state index in [0.29, 0.717) is 22.9 Å². The van der Waals surface area contributed by atoms with E-state index in [1.54, 1.807) is 12.1 Å². The summed E-state index contributed by atoms with van der Waals surface area (Å²) in [6.07, 6.45) is 0.642. The second-order valence-corrected chi connectivity index (χ2v) is 6.47. The van der Waals surface area contributed by atoms with E-state index in [2.05, 4.69) is 33.0 Å². The molecule has 0 saturated heterocycles. The minimum Gasteiger partial charge on any atom is -0.316 e. The quantitative estimate of drug-likeness (QED) is 0.814. The zero-order valence-corrected chi connectivity index (χ0v) is 12.4. The average molecular weight is 272 g/mol. The predicted molar refractivity (Wildman–Crippen MR) is 76.6 cm³/mol. The van der Waals surface area contributed by atoms with Gasteiger partial charge in [0.25, 0.3) is 0 Å². The van der Waals surface area contributed by atoms with Crippen molar-refractivity contribution in [1.29, 1.82) is 0 Å². The molecule has 0 atom stereocenters. The fraction of sp³-hybridized carbons (Fsp3) is 0.600. The Morgan fingerprint density at radius 2 is 2.00 bits per heavy atom. The topological polar surface area (TPSA) is 12.0 Å². The van der Waals surface area contributed by atoms with Crippen LogP contribution in [0.1, 0.15) is 33.3 Å². The van der Waals surface area contributed by atoms with E-state index in [-0.39, 0.29) is 11.2 Å². The predicted octanol–water partition coefficient (Wildman–Crippen LogP) is 4.29. The highest BCUT2D eigenvalue weighted by Gasteiger charge is 2.21. The molecule has 3 heteroatoms. The van der Waals surface area contributed by atoms with Crippen LogP contribution in [0.15, 0.2) is 18.2 Å². The van der Waals surface area contributed by atoms with Gasteiger partial charge in [-0.2, -0.15) is 0 Å². The van der Waals surface area contributed by atoms with E-state index < -0.39 is 0 Å². The van der Waals surface area contributed by atoms with Gasteiger partial charge in [-0.1, -0.05) is 45.4 Å². The zero-order chi connectivity index (χ0) is 13.8. The molecule has 18 heavy (non-hydrogen) atoms. The van der Waals surface area contributed by atoms with Crippen molar-refractivity contribution in [3.05, 3.63) is 34.6 Å². The lowest BCUT2D eigenvalue weighted by Gasteiger charge is -2.26. The molecule has 1 aromatic carbocycles. The number of nitrogens with one attached hydrogen (secondary N) is 1. The summed E-state index contributed by atoms with van der Waals surface area (Å²) in [5.41, 5.74) is 0.608. The molecule has 0 bridgehead atoms. The van der Waals surface area contributed by atoms with Gasteiger partial charge in [-0.25, -0.2) is 4.39 Å². The van der Waals surface area contributed by atoms with Gasteiger partial charge in [0.1, 0.15) is 5.82 Å². The Morgan fingerprint density at radius 1 is 1.33 bits per heavy atom. The fourth-order valence-electron chi connectivity index (χ4n) is 1.94. The third kappa shape index (κ3) is 4.95. The first-order chi connectivity index (χ1) is 8.32. The Morgan fingerprint density at radius 3 is 2.56 bits per heavy atom. The summed E-state index contributed by atoms with van der Waals surface area (Å²) in [5, 5.41) is 3.94. The van der Waals surface area contributed by atoms with E-state index in [0.717, 1.165) is 13.1 Å². The Hall–Kier alpha value is -0.600. The molecule has 0 fully saturated rings. The third-order valence-corrected chi connectivity index (χ3v) is 3.23. The van der Waals surface area contributed by atoms with Crippen LogP contribution in [0.4, 0.5) is 4.39 Å². The lowest BCUT2D eigenvalue weighted by Crippen LogP contribution is -2.33. The van der Waals surface area contributed by atoms with Crippen molar-refractivity contribution in [3.8, 4) is 0 Å². The maximum Gasteiger partial charge on any atom is 0.127 e. The summed E-state index contributed by atoms with van der Waals surface area (Å²) in [4.78, 5) is 0. The second kappa shape index (κ2) is 6.53. The standard InChI is InChI=1S/C15H23ClFN/c1-11(2)9-18-10-15(3,4)8-12-13(16)6-5-7-14(12)17/h5-7,11,18H,8-10H2,1-4H3. The van der Waals surface area contributed by atoms with Crippen molar-refractivity contribution < 1.29 is 4.39 Å². The molecule has 1 nitrogen and oxygen atoms in total. The van der Waals surface area contributed by atoms with Crippen molar-refractivity contribution in [2.75, 3.05) is 13.1 Å². The van der Waals surface area contributed by atoms with Crippen molar-refractivity contribution in [3.63, 3.8) is 0 Å². The summed E-state index contributed by atoms with van der Waals surface area (Å²) in [6.45, 7) is 10.4. The van der Waals surface area contributed by atoms with Gasteiger partial charge in [0, 0.05) is 17.1 Å². The minimum absolute atomic E-state index is 0.0132. The summed E-state index contributed by atoms with van der Waals surface area (Å²) < 4.78 is 13.7. The van der Waals surface area contributed by atoms with Crippen LogP contribution in [0.3, 0.4) is 0 Å². The Kier molecular flexibility index (Phi) is 5.61. The summed E-state index contributed by atoms with van der Waals surface area (Å²) in [6, 6.07) is 4.86. The smallest absolute Gasteiger partial charge is 0.127 e. The lowest BCUT2D eigenvalue weighted by atomic mass is 9.85. The molecule has 0 aliphatic rings. The second-order valence-electron chi connectivity index (χ2n) is 6.07. The number of hydrogen-bond acceptors (Lipinski definition) is 1. The van der Waals surface area contributed by atoms with E-state index in [1.807, 2.05) is 0 Å². The van der Waals surface area contributed by atoms with Gasteiger partial charge in [-0.3, -0.25) is 0 Å². The fourth-order valence-corrected chi connectivity index (χ4v) is 2.17. The van der Waals surface area contributed by atoms with Crippen LogP contribution < -0.4 is 5.32 Å². The minimum atomic E-state index is -0.209. The maximum absolute atomic E-state index is 13.7. The molecule has 0 spiro atoms. The van der Waals surface area contributed by atoms with Gasteiger partial charge < -0.3 is 5.32 Å². The van der Waals surface area contributed by atoms with E-state index in [1.165, 1.54) is 6.07 Å². The van der Waals surface area contributed by atoms with Gasteiger partial charge in [0.05, 0.1) is 0 Å². The lowest BCUT2D eigenvalue weighted by molar-refractivity contribution is 0.326. The SMILES string of the molecule is CC(C)CNCC(C)(C)Cc1c(F)cccc1Cl. The summed E-state index contributed by atoms with van der Waals surface area (Å²) >= 11 is 6.06. The van der Waals surface area contributed by atoms with Crippen LogP contribution in [0, 0.1) is 17.2 Å².